The molecule has 17 heavy (non-hydrogen) atoms. The molecule has 92 valence electrons. The number of benzene rings is 1. The zero-order valence-corrected chi connectivity index (χ0v) is 9.93. The molecule has 2 fully saturated rings. The number of aliphatic hydroxyl groups is 1. The van der Waals surface area contributed by atoms with E-state index in [1.807, 2.05) is 30.3 Å². The Balaban J connectivity index is 1.49. The molecular weight excluding hydrogens is 214 g/mol. The number of nitrogens with one attached hydrogen (secondary N) is 1. The highest BCUT2D eigenvalue weighted by Crippen LogP contribution is 2.52. The van der Waals surface area contributed by atoms with Gasteiger partial charge in [-0.15, -0.1) is 0 Å². The lowest BCUT2D eigenvalue weighted by Crippen LogP contribution is -2.36. The standard InChI is InChI=1S/C14H19NO2/c16-13(12-8-14(6-7-14)10-15-12)17-9-11-4-2-1-3-5-11/h1-5,12-13,15-16H,6-10H2/t12-,13?/m0/s1. The summed E-state index contributed by atoms with van der Waals surface area (Å²) < 4.78 is 5.53. The summed E-state index contributed by atoms with van der Waals surface area (Å²) >= 11 is 0. The van der Waals surface area contributed by atoms with Crippen molar-refractivity contribution in [2.75, 3.05) is 6.54 Å². The van der Waals surface area contributed by atoms with E-state index in [4.69, 9.17) is 4.74 Å². The first-order valence-corrected chi connectivity index (χ1v) is 6.34. The summed E-state index contributed by atoms with van der Waals surface area (Å²) in [6.07, 6.45) is 2.99. The summed E-state index contributed by atoms with van der Waals surface area (Å²) in [6.45, 7) is 1.52. The van der Waals surface area contributed by atoms with Crippen molar-refractivity contribution in [3.8, 4) is 0 Å². The fourth-order valence-corrected chi connectivity index (χ4v) is 2.59. The lowest BCUT2D eigenvalue weighted by atomic mass is 10.0. The van der Waals surface area contributed by atoms with Crippen molar-refractivity contribution in [2.45, 2.75) is 38.2 Å². The summed E-state index contributed by atoms with van der Waals surface area (Å²) in [4.78, 5) is 0. The average molecular weight is 233 g/mol. The average Bonchev–Trinajstić information content (AvgIpc) is 2.98. The molecule has 0 bridgehead atoms. The second kappa shape index (κ2) is 4.41. The van der Waals surface area contributed by atoms with Gasteiger partial charge < -0.3 is 15.2 Å². The van der Waals surface area contributed by atoms with E-state index in [0.29, 0.717) is 12.0 Å². The Bertz CT molecular complexity index is 375. The van der Waals surface area contributed by atoms with Gasteiger partial charge in [0.25, 0.3) is 0 Å². The quantitative estimate of drug-likeness (QED) is 0.777. The minimum atomic E-state index is -0.685. The van der Waals surface area contributed by atoms with Crippen molar-refractivity contribution < 1.29 is 9.84 Å². The van der Waals surface area contributed by atoms with E-state index >= 15 is 0 Å². The first-order chi connectivity index (χ1) is 8.27. The lowest BCUT2D eigenvalue weighted by Gasteiger charge is -2.19. The second-order valence-electron chi connectivity index (χ2n) is 5.38. The van der Waals surface area contributed by atoms with E-state index in [1.54, 1.807) is 0 Å². The van der Waals surface area contributed by atoms with Gasteiger partial charge in [0.15, 0.2) is 6.29 Å². The number of rotatable bonds is 4. The van der Waals surface area contributed by atoms with Crippen LogP contribution in [0, 0.1) is 5.41 Å². The summed E-state index contributed by atoms with van der Waals surface area (Å²) in [7, 11) is 0. The van der Waals surface area contributed by atoms with E-state index in [1.165, 1.54) is 12.8 Å². The van der Waals surface area contributed by atoms with E-state index < -0.39 is 6.29 Å². The van der Waals surface area contributed by atoms with Crippen LogP contribution in [0.4, 0.5) is 0 Å². The lowest BCUT2D eigenvalue weighted by molar-refractivity contribution is -0.125. The summed E-state index contributed by atoms with van der Waals surface area (Å²) in [5, 5.41) is 13.4. The molecule has 1 aliphatic heterocycles. The first kappa shape index (κ1) is 11.2. The Hall–Kier alpha value is -0.900. The van der Waals surface area contributed by atoms with E-state index in [9.17, 15) is 5.11 Å². The first-order valence-electron chi connectivity index (χ1n) is 6.34. The van der Waals surface area contributed by atoms with Gasteiger partial charge in [0, 0.05) is 6.54 Å². The number of hydrogen-bond donors (Lipinski definition) is 2. The van der Waals surface area contributed by atoms with Gasteiger partial charge in [0.2, 0.25) is 0 Å². The molecule has 1 saturated heterocycles. The minimum Gasteiger partial charge on any atom is -0.367 e. The molecule has 1 unspecified atom stereocenters. The Morgan fingerprint density at radius 1 is 1.35 bits per heavy atom. The van der Waals surface area contributed by atoms with Crippen LogP contribution in [0.1, 0.15) is 24.8 Å². The Morgan fingerprint density at radius 3 is 2.76 bits per heavy atom. The van der Waals surface area contributed by atoms with Gasteiger partial charge in [-0.1, -0.05) is 30.3 Å². The molecule has 1 aromatic rings. The molecule has 1 aliphatic carbocycles. The second-order valence-corrected chi connectivity index (χ2v) is 5.38. The largest absolute Gasteiger partial charge is 0.367 e. The maximum Gasteiger partial charge on any atom is 0.170 e. The van der Waals surface area contributed by atoms with Crippen LogP contribution in [0.15, 0.2) is 30.3 Å². The Kier molecular flexibility index (Phi) is 2.90. The van der Waals surface area contributed by atoms with Crippen molar-refractivity contribution in [3.05, 3.63) is 35.9 Å². The molecule has 3 nitrogen and oxygen atoms in total. The molecule has 2 aliphatic rings. The van der Waals surface area contributed by atoms with Crippen molar-refractivity contribution in [3.63, 3.8) is 0 Å². The van der Waals surface area contributed by atoms with Gasteiger partial charge in [-0.3, -0.25) is 0 Å². The SMILES string of the molecule is OC(OCc1ccccc1)[C@@H]1CC2(CC2)CN1. The Labute approximate surface area is 102 Å². The van der Waals surface area contributed by atoms with E-state index in [-0.39, 0.29) is 6.04 Å². The van der Waals surface area contributed by atoms with Crippen LogP contribution in [0.3, 0.4) is 0 Å². The van der Waals surface area contributed by atoms with Gasteiger partial charge in [0.05, 0.1) is 12.6 Å². The van der Waals surface area contributed by atoms with Gasteiger partial charge in [0.1, 0.15) is 0 Å². The molecule has 1 spiro atoms. The summed E-state index contributed by atoms with van der Waals surface area (Å²) in [5.74, 6) is 0. The molecule has 2 N–H and O–H groups in total. The third-order valence-electron chi connectivity index (χ3n) is 3.96. The highest BCUT2D eigenvalue weighted by atomic mass is 16.6. The predicted octanol–water partition coefficient (Wildman–Crippen LogP) is 1.66. The van der Waals surface area contributed by atoms with Gasteiger partial charge in [-0.05, 0) is 30.2 Å². The van der Waals surface area contributed by atoms with E-state index in [0.717, 1.165) is 18.5 Å². The number of hydrogen-bond acceptors (Lipinski definition) is 3. The summed E-state index contributed by atoms with van der Waals surface area (Å²) in [5.41, 5.74) is 1.60. The fourth-order valence-electron chi connectivity index (χ4n) is 2.59. The van der Waals surface area contributed by atoms with Crippen LogP contribution >= 0.6 is 0 Å². The van der Waals surface area contributed by atoms with Crippen molar-refractivity contribution in [1.82, 2.24) is 5.32 Å². The van der Waals surface area contributed by atoms with Gasteiger partial charge in [-0.25, -0.2) is 0 Å². The van der Waals surface area contributed by atoms with Crippen molar-refractivity contribution >= 4 is 0 Å². The molecule has 1 aromatic carbocycles. The zero-order valence-electron chi connectivity index (χ0n) is 9.93. The van der Waals surface area contributed by atoms with Crippen molar-refractivity contribution in [1.29, 1.82) is 0 Å². The fraction of sp³-hybridized carbons (Fsp3) is 0.571. The van der Waals surface area contributed by atoms with Crippen LogP contribution in [0.5, 0.6) is 0 Å². The number of aliphatic hydroxyl groups excluding tert-OH is 1. The topological polar surface area (TPSA) is 41.5 Å². The normalized spacial score (nSPS) is 27.2. The van der Waals surface area contributed by atoms with Crippen LogP contribution < -0.4 is 5.32 Å². The molecule has 0 amide bonds. The molecule has 1 heterocycles. The predicted molar refractivity (Wildman–Crippen MR) is 65.3 cm³/mol. The van der Waals surface area contributed by atoms with Crippen LogP contribution in [-0.4, -0.2) is 24.0 Å². The van der Waals surface area contributed by atoms with Crippen LogP contribution in [-0.2, 0) is 11.3 Å². The van der Waals surface area contributed by atoms with Crippen LogP contribution in [0.2, 0.25) is 0 Å². The third kappa shape index (κ3) is 2.51. The number of ether oxygens (including phenoxy) is 1. The maximum atomic E-state index is 9.99. The highest BCUT2D eigenvalue weighted by molar-refractivity contribution is 5.13. The Morgan fingerprint density at radius 2 is 2.12 bits per heavy atom. The molecule has 1 saturated carbocycles. The molecular formula is C14H19NO2. The monoisotopic (exact) mass is 233 g/mol. The van der Waals surface area contributed by atoms with Crippen molar-refractivity contribution in [2.24, 2.45) is 5.41 Å². The molecule has 3 rings (SSSR count). The van der Waals surface area contributed by atoms with E-state index in [2.05, 4.69) is 5.32 Å². The minimum absolute atomic E-state index is 0.112. The molecule has 2 atom stereocenters. The molecule has 0 radical (unpaired) electrons. The molecule has 3 heteroatoms. The third-order valence-corrected chi connectivity index (χ3v) is 3.96. The molecule has 0 aromatic heterocycles. The maximum absolute atomic E-state index is 9.99. The van der Waals surface area contributed by atoms with Gasteiger partial charge in [-0.2, -0.15) is 0 Å². The zero-order chi connectivity index (χ0) is 11.7. The highest BCUT2D eigenvalue weighted by Gasteiger charge is 2.49. The summed E-state index contributed by atoms with van der Waals surface area (Å²) in [6, 6.07) is 10.1. The van der Waals surface area contributed by atoms with Crippen LogP contribution in [0.25, 0.3) is 0 Å². The van der Waals surface area contributed by atoms with Gasteiger partial charge >= 0.3 is 0 Å². The smallest absolute Gasteiger partial charge is 0.170 e.